The number of rotatable bonds is 5. The number of thiophene rings is 1. The second-order valence-corrected chi connectivity index (χ2v) is 8.86. The van der Waals surface area contributed by atoms with Gasteiger partial charge in [-0.3, -0.25) is 4.79 Å². The highest BCUT2D eigenvalue weighted by molar-refractivity contribution is 7.17. The summed E-state index contributed by atoms with van der Waals surface area (Å²) >= 11 is 1.43. The molecule has 0 aliphatic rings. The third kappa shape index (κ3) is 3.45. The fraction of sp³-hybridized carbons (Fsp3) is 0.292. The number of benzene rings is 2. The molecule has 2 aromatic heterocycles. The Bertz CT molecular complexity index is 1240. The van der Waals surface area contributed by atoms with Crippen molar-refractivity contribution in [1.29, 1.82) is 0 Å². The lowest BCUT2D eigenvalue weighted by Crippen LogP contribution is -2.19. The highest BCUT2D eigenvalue weighted by atomic mass is 32.1. The van der Waals surface area contributed by atoms with Gasteiger partial charge in [0.15, 0.2) is 0 Å². The van der Waals surface area contributed by atoms with Crippen LogP contribution in [-0.4, -0.2) is 35.6 Å². The number of nitrogens with one attached hydrogen (secondary N) is 1. The molecule has 0 fully saturated rings. The van der Waals surface area contributed by atoms with Crippen LogP contribution in [0.3, 0.4) is 0 Å². The van der Waals surface area contributed by atoms with Gasteiger partial charge in [0.1, 0.15) is 10.4 Å². The second kappa shape index (κ2) is 7.65. The third-order valence-corrected chi connectivity index (χ3v) is 6.55. The van der Waals surface area contributed by atoms with Crippen molar-refractivity contribution in [3.8, 4) is 16.9 Å². The number of hydrogen-bond acceptors (Lipinski definition) is 4. The number of likely N-dealkylation sites (N-methyl/N-ethyl adjacent to an activating group) is 1. The maximum absolute atomic E-state index is 12.5. The maximum Gasteiger partial charge on any atom is 0.266 e. The molecule has 2 N–H and O–H groups in total. The minimum Gasteiger partial charge on any atom is -0.507 e. The molecule has 0 saturated heterocycles. The normalized spacial score (nSPS) is 12.9. The van der Waals surface area contributed by atoms with Crippen LogP contribution in [0.1, 0.15) is 30.4 Å². The minimum absolute atomic E-state index is 0.0768. The Hall–Kier alpha value is -2.63. The molecule has 4 nitrogen and oxygen atoms in total. The lowest BCUT2D eigenvalue weighted by molar-refractivity contribution is 0.368. The number of phenols is 1. The predicted octanol–water partition coefficient (Wildman–Crippen LogP) is 5.48. The van der Waals surface area contributed by atoms with Gasteiger partial charge < -0.3 is 15.0 Å². The van der Waals surface area contributed by atoms with E-state index in [1.807, 2.05) is 18.4 Å². The summed E-state index contributed by atoms with van der Waals surface area (Å²) in [4.78, 5) is 17.7. The van der Waals surface area contributed by atoms with E-state index >= 15 is 0 Å². The van der Waals surface area contributed by atoms with Crippen molar-refractivity contribution in [2.24, 2.45) is 0 Å². The number of aromatic amines is 1. The number of hydrogen-bond donors (Lipinski definition) is 2. The van der Waals surface area contributed by atoms with Gasteiger partial charge in [-0.15, -0.1) is 11.3 Å². The summed E-state index contributed by atoms with van der Waals surface area (Å²) in [6.07, 6.45) is 1.08. The average Bonchev–Trinajstić information content (AvgIpc) is 3.18. The molecule has 2 heterocycles. The topological polar surface area (TPSA) is 56.3 Å². The maximum atomic E-state index is 12.5. The van der Waals surface area contributed by atoms with Crippen molar-refractivity contribution >= 4 is 32.3 Å². The van der Waals surface area contributed by atoms with Crippen LogP contribution >= 0.6 is 11.3 Å². The number of aryl methyl sites for hydroxylation is 1. The van der Waals surface area contributed by atoms with E-state index in [-0.39, 0.29) is 11.3 Å². The molecule has 0 amide bonds. The third-order valence-electron chi connectivity index (χ3n) is 5.63. The van der Waals surface area contributed by atoms with Gasteiger partial charge in [0.25, 0.3) is 5.56 Å². The Balaban J connectivity index is 1.92. The van der Waals surface area contributed by atoms with Crippen LogP contribution in [0.2, 0.25) is 0 Å². The Labute approximate surface area is 174 Å². The Kier molecular flexibility index (Phi) is 5.19. The van der Waals surface area contributed by atoms with Gasteiger partial charge >= 0.3 is 0 Å². The fourth-order valence-electron chi connectivity index (χ4n) is 4.21. The molecule has 0 aliphatic carbocycles. The summed E-state index contributed by atoms with van der Waals surface area (Å²) in [5.41, 5.74) is 4.60. The van der Waals surface area contributed by atoms with Crippen LogP contribution in [0.4, 0.5) is 0 Å². The number of nitrogens with zero attached hydrogens (tertiary/aromatic N) is 1. The van der Waals surface area contributed by atoms with E-state index in [0.717, 1.165) is 45.9 Å². The van der Waals surface area contributed by atoms with Crippen LogP contribution in [0, 0.1) is 6.92 Å². The van der Waals surface area contributed by atoms with E-state index in [4.69, 9.17) is 0 Å². The van der Waals surface area contributed by atoms with Crippen molar-refractivity contribution in [3.05, 3.63) is 63.3 Å². The standard InChI is InChI=1S/C24H26N2O2S/c1-5-15(13-26(3)4)16-6-8-17(9-7-16)20-19(27)12-14(2)22-21(20)18-10-11-29-23(18)24(28)25-22/h6-12,15,27H,5,13H2,1-4H3,(H,25,28)/t15-/m0/s1. The largest absolute Gasteiger partial charge is 0.507 e. The van der Waals surface area contributed by atoms with Crippen LogP contribution in [0.5, 0.6) is 5.75 Å². The van der Waals surface area contributed by atoms with Crippen LogP contribution in [0.15, 0.2) is 46.6 Å². The molecule has 0 unspecified atom stereocenters. The number of phenolic OH excluding ortho intramolecular Hbond substituents is 1. The fourth-order valence-corrected chi connectivity index (χ4v) is 5.00. The molecule has 0 spiro atoms. The van der Waals surface area contributed by atoms with Crippen LogP contribution < -0.4 is 5.56 Å². The monoisotopic (exact) mass is 406 g/mol. The van der Waals surface area contributed by atoms with Gasteiger partial charge in [-0.2, -0.15) is 0 Å². The zero-order chi connectivity index (χ0) is 20.7. The van der Waals surface area contributed by atoms with Gasteiger partial charge in [0, 0.05) is 22.9 Å². The summed E-state index contributed by atoms with van der Waals surface area (Å²) in [6, 6.07) is 12.2. The van der Waals surface area contributed by atoms with E-state index < -0.39 is 0 Å². The Morgan fingerprint density at radius 1 is 1.17 bits per heavy atom. The van der Waals surface area contributed by atoms with E-state index in [1.54, 1.807) is 6.07 Å². The first kappa shape index (κ1) is 19.7. The number of aromatic hydroxyl groups is 1. The van der Waals surface area contributed by atoms with E-state index in [1.165, 1.54) is 16.9 Å². The molecule has 4 aromatic rings. The molecule has 150 valence electrons. The first-order valence-corrected chi connectivity index (χ1v) is 10.8. The average molecular weight is 407 g/mol. The number of H-pyrrole nitrogens is 1. The van der Waals surface area contributed by atoms with E-state index in [0.29, 0.717) is 10.6 Å². The number of fused-ring (bicyclic) bond motifs is 3. The van der Waals surface area contributed by atoms with Gasteiger partial charge in [0.05, 0.1) is 5.52 Å². The van der Waals surface area contributed by atoms with Gasteiger partial charge in [-0.25, -0.2) is 0 Å². The van der Waals surface area contributed by atoms with Gasteiger partial charge in [0.2, 0.25) is 0 Å². The molecular formula is C24H26N2O2S. The molecule has 2 aromatic carbocycles. The molecular weight excluding hydrogens is 380 g/mol. The molecule has 0 aliphatic heterocycles. The Morgan fingerprint density at radius 3 is 2.55 bits per heavy atom. The molecule has 5 heteroatoms. The second-order valence-electron chi connectivity index (χ2n) is 7.94. The van der Waals surface area contributed by atoms with Crippen molar-refractivity contribution in [1.82, 2.24) is 9.88 Å². The number of aromatic nitrogens is 1. The van der Waals surface area contributed by atoms with Crippen LogP contribution in [-0.2, 0) is 0 Å². The predicted molar refractivity (Wildman–Crippen MR) is 123 cm³/mol. The summed E-state index contributed by atoms with van der Waals surface area (Å²) in [5, 5.41) is 14.6. The smallest absolute Gasteiger partial charge is 0.266 e. The zero-order valence-corrected chi connectivity index (χ0v) is 18.1. The summed E-state index contributed by atoms with van der Waals surface area (Å²) in [7, 11) is 4.20. The van der Waals surface area contributed by atoms with Crippen molar-refractivity contribution in [2.45, 2.75) is 26.2 Å². The van der Waals surface area contributed by atoms with Gasteiger partial charge in [-0.1, -0.05) is 31.2 Å². The first-order chi connectivity index (χ1) is 13.9. The zero-order valence-electron chi connectivity index (χ0n) is 17.2. The summed E-state index contributed by atoms with van der Waals surface area (Å²) in [6.45, 7) is 5.13. The molecule has 0 saturated carbocycles. The van der Waals surface area contributed by atoms with Gasteiger partial charge in [-0.05, 0) is 67.6 Å². The number of pyridine rings is 1. The Morgan fingerprint density at radius 2 is 1.90 bits per heavy atom. The van der Waals surface area contributed by atoms with Crippen molar-refractivity contribution < 1.29 is 5.11 Å². The molecule has 0 bridgehead atoms. The van der Waals surface area contributed by atoms with E-state index in [2.05, 4.69) is 55.2 Å². The summed E-state index contributed by atoms with van der Waals surface area (Å²) in [5.74, 6) is 0.713. The lowest BCUT2D eigenvalue weighted by Gasteiger charge is -2.20. The highest BCUT2D eigenvalue weighted by Crippen LogP contribution is 2.41. The molecule has 4 rings (SSSR count). The van der Waals surface area contributed by atoms with Crippen LogP contribution in [0.25, 0.3) is 32.1 Å². The lowest BCUT2D eigenvalue weighted by atomic mass is 9.91. The SMILES string of the molecule is CC[C@@H](CN(C)C)c1ccc(-c2c(O)cc(C)c3[nH]c(=O)c4sccc4c23)cc1. The minimum atomic E-state index is -0.0768. The first-order valence-electron chi connectivity index (χ1n) is 9.91. The quantitative estimate of drug-likeness (QED) is 0.461. The molecule has 29 heavy (non-hydrogen) atoms. The molecule has 0 radical (unpaired) electrons. The van der Waals surface area contributed by atoms with Crippen molar-refractivity contribution in [3.63, 3.8) is 0 Å². The molecule has 1 atom stereocenters. The summed E-state index contributed by atoms with van der Waals surface area (Å²) < 4.78 is 0.692. The highest BCUT2D eigenvalue weighted by Gasteiger charge is 2.18. The van der Waals surface area contributed by atoms with Crippen molar-refractivity contribution in [2.75, 3.05) is 20.6 Å². The van der Waals surface area contributed by atoms with E-state index in [9.17, 15) is 9.90 Å².